The molecular weight excluding hydrogens is 1090 g/mol. The number of hydrogen-bond donors (Lipinski definition) is 3. The molecule has 0 aromatic carbocycles. The molecule has 0 heterocycles. The van der Waals surface area contributed by atoms with Crippen molar-refractivity contribution < 1.29 is 80.2 Å². The van der Waals surface area contributed by atoms with E-state index in [1.54, 1.807) is 0 Å². The SMILES string of the molecule is CC(C)CCCCCCCCCCCC(=O)O[C@H](COC(=O)CCCCCCCCCC(C)C)COP(=O)(O)OC[C@@H](O)COP(=O)(O)OC[C@@H](COC(=O)CCCCCCCCC(C)C)OC(=O)CCCCCCCCCCC(C)C. The molecule has 0 aliphatic heterocycles. The number of hydrogen-bond acceptors (Lipinski definition) is 15. The average molecular weight is 1210 g/mol. The summed E-state index contributed by atoms with van der Waals surface area (Å²) in [5.41, 5.74) is 0. The van der Waals surface area contributed by atoms with Crippen LogP contribution in [0.4, 0.5) is 0 Å². The van der Waals surface area contributed by atoms with Crippen molar-refractivity contribution in [1.82, 2.24) is 0 Å². The molecule has 17 nitrogen and oxygen atoms in total. The predicted molar refractivity (Wildman–Crippen MR) is 326 cm³/mol. The minimum Gasteiger partial charge on any atom is -0.462 e. The molecule has 486 valence electrons. The molecule has 0 spiro atoms. The summed E-state index contributed by atoms with van der Waals surface area (Å²) in [6.45, 7) is 13.9. The molecule has 3 N–H and O–H groups in total. The zero-order valence-corrected chi connectivity index (χ0v) is 54.9. The largest absolute Gasteiger partial charge is 0.472 e. The highest BCUT2D eigenvalue weighted by Crippen LogP contribution is 2.45. The standard InChI is InChI=1S/C63H122O17P2/c1-53(2)39-31-23-15-10-9-11-18-29-37-45-62(67)79-58(49-73-60(65)43-35-27-20-14-17-25-33-41-55(5)6)51-77-81(69,70)75-47-57(64)48-76-82(71,72)78-52-59(50-74-61(66)44-36-28-22-21-26-34-42-56(7)8)80-63(68)46-38-30-19-13-12-16-24-32-40-54(3)4/h53-59,64H,9-52H2,1-8H3,(H,69,70)(H,71,72)/t57-,58-,59-/m1/s1. The molecule has 0 aromatic heterocycles. The van der Waals surface area contributed by atoms with E-state index < -0.39 is 97.5 Å². The van der Waals surface area contributed by atoms with Crippen molar-refractivity contribution >= 4 is 39.5 Å². The van der Waals surface area contributed by atoms with Gasteiger partial charge in [-0.25, -0.2) is 9.13 Å². The monoisotopic (exact) mass is 1210 g/mol. The van der Waals surface area contributed by atoms with E-state index in [1.165, 1.54) is 89.9 Å². The number of unbranched alkanes of at least 4 members (excludes halogenated alkanes) is 26. The highest BCUT2D eigenvalue weighted by molar-refractivity contribution is 7.47. The molecule has 82 heavy (non-hydrogen) atoms. The first-order valence-corrected chi connectivity index (χ1v) is 35.7. The number of phosphoric ester groups is 2. The van der Waals surface area contributed by atoms with Crippen LogP contribution in [0.3, 0.4) is 0 Å². The quantitative estimate of drug-likeness (QED) is 0.0222. The van der Waals surface area contributed by atoms with Crippen molar-refractivity contribution in [1.29, 1.82) is 0 Å². The van der Waals surface area contributed by atoms with Crippen LogP contribution in [0.1, 0.15) is 299 Å². The Hall–Kier alpha value is -1.94. The van der Waals surface area contributed by atoms with Crippen LogP contribution < -0.4 is 0 Å². The summed E-state index contributed by atoms with van der Waals surface area (Å²) in [5.74, 6) is 0.695. The number of aliphatic hydroxyl groups excluding tert-OH is 1. The number of carbonyl (C=O) groups excluding carboxylic acids is 4. The van der Waals surface area contributed by atoms with Crippen molar-refractivity contribution in [3.63, 3.8) is 0 Å². The van der Waals surface area contributed by atoms with Crippen LogP contribution in [-0.4, -0.2) is 96.7 Å². The van der Waals surface area contributed by atoms with E-state index in [9.17, 15) is 43.2 Å². The first-order valence-electron chi connectivity index (χ1n) is 32.7. The second-order valence-electron chi connectivity index (χ2n) is 24.7. The van der Waals surface area contributed by atoms with Gasteiger partial charge in [-0.3, -0.25) is 37.3 Å². The number of phosphoric acid groups is 2. The highest BCUT2D eigenvalue weighted by Gasteiger charge is 2.30. The predicted octanol–water partition coefficient (Wildman–Crippen LogP) is 17.0. The van der Waals surface area contributed by atoms with Crippen LogP contribution in [0.25, 0.3) is 0 Å². The van der Waals surface area contributed by atoms with Gasteiger partial charge in [0.05, 0.1) is 26.4 Å². The van der Waals surface area contributed by atoms with Gasteiger partial charge in [0, 0.05) is 25.7 Å². The number of ether oxygens (including phenoxy) is 4. The summed E-state index contributed by atoms with van der Waals surface area (Å²) in [4.78, 5) is 72.1. The molecule has 5 atom stereocenters. The van der Waals surface area contributed by atoms with Gasteiger partial charge < -0.3 is 33.8 Å². The van der Waals surface area contributed by atoms with Crippen molar-refractivity contribution in [3.05, 3.63) is 0 Å². The molecule has 0 saturated heterocycles. The Bertz CT molecular complexity index is 1640. The van der Waals surface area contributed by atoms with Gasteiger partial charge in [-0.05, 0) is 49.4 Å². The topological polar surface area (TPSA) is 237 Å². The first kappa shape index (κ1) is 80.1. The van der Waals surface area contributed by atoms with Crippen LogP contribution in [0.15, 0.2) is 0 Å². The lowest BCUT2D eigenvalue weighted by Crippen LogP contribution is -2.30. The number of esters is 4. The lowest BCUT2D eigenvalue weighted by atomic mass is 10.0. The number of aliphatic hydroxyl groups is 1. The zero-order chi connectivity index (χ0) is 61.1. The van der Waals surface area contributed by atoms with E-state index in [0.717, 1.165) is 115 Å². The van der Waals surface area contributed by atoms with Crippen molar-refractivity contribution in [2.24, 2.45) is 23.7 Å². The maximum absolute atomic E-state index is 13.0. The molecule has 0 bridgehead atoms. The first-order chi connectivity index (χ1) is 39.1. The van der Waals surface area contributed by atoms with Crippen LogP contribution in [0.2, 0.25) is 0 Å². The average Bonchev–Trinajstić information content (AvgIpc) is 3.41. The van der Waals surface area contributed by atoms with Crippen molar-refractivity contribution in [2.75, 3.05) is 39.6 Å². The van der Waals surface area contributed by atoms with Gasteiger partial charge in [0.25, 0.3) is 0 Å². The fourth-order valence-electron chi connectivity index (χ4n) is 9.25. The van der Waals surface area contributed by atoms with E-state index >= 15 is 0 Å². The maximum atomic E-state index is 13.0. The third-order valence-electron chi connectivity index (χ3n) is 14.3. The Morgan fingerprint density at radius 1 is 0.305 bits per heavy atom. The smallest absolute Gasteiger partial charge is 0.462 e. The van der Waals surface area contributed by atoms with E-state index in [4.69, 9.17) is 37.0 Å². The summed E-state index contributed by atoms with van der Waals surface area (Å²) in [6.07, 6.45) is 32.4. The Labute approximate surface area is 498 Å². The highest BCUT2D eigenvalue weighted by atomic mass is 31.2. The molecule has 0 saturated carbocycles. The maximum Gasteiger partial charge on any atom is 0.472 e. The fraction of sp³-hybridized carbons (Fsp3) is 0.937. The third-order valence-corrected chi connectivity index (χ3v) is 16.2. The van der Waals surface area contributed by atoms with Gasteiger partial charge in [-0.2, -0.15) is 0 Å². The van der Waals surface area contributed by atoms with Crippen LogP contribution in [0, 0.1) is 23.7 Å². The zero-order valence-electron chi connectivity index (χ0n) is 53.1. The third kappa shape index (κ3) is 57.2. The fourth-order valence-corrected chi connectivity index (χ4v) is 10.8. The van der Waals surface area contributed by atoms with Gasteiger partial charge in [0.1, 0.15) is 19.3 Å². The summed E-state index contributed by atoms with van der Waals surface area (Å²) in [5, 5.41) is 10.5. The molecule has 2 unspecified atom stereocenters. The van der Waals surface area contributed by atoms with Gasteiger partial charge >= 0.3 is 39.5 Å². The molecule has 0 aliphatic carbocycles. The van der Waals surface area contributed by atoms with Crippen molar-refractivity contribution in [3.8, 4) is 0 Å². The summed E-state index contributed by atoms with van der Waals surface area (Å²) >= 11 is 0. The molecule has 0 radical (unpaired) electrons. The molecule has 0 amide bonds. The molecule has 19 heteroatoms. The summed E-state index contributed by atoms with van der Waals surface area (Å²) < 4.78 is 67.9. The van der Waals surface area contributed by atoms with Crippen LogP contribution in [-0.2, 0) is 65.4 Å². The van der Waals surface area contributed by atoms with Gasteiger partial charge in [0.2, 0.25) is 0 Å². The number of carbonyl (C=O) groups is 4. The molecule has 0 aromatic rings. The number of rotatable bonds is 60. The summed E-state index contributed by atoms with van der Waals surface area (Å²) in [7, 11) is -9.89. The van der Waals surface area contributed by atoms with Gasteiger partial charge in [0.15, 0.2) is 12.2 Å². The minimum absolute atomic E-state index is 0.103. The Balaban J connectivity index is 5.25. The molecular formula is C63H122O17P2. The van der Waals surface area contributed by atoms with E-state index in [2.05, 4.69) is 55.4 Å². The lowest BCUT2D eigenvalue weighted by molar-refractivity contribution is -0.161. The Kier molecular flexibility index (Phi) is 52.0. The second kappa shape index (κ2) is 53.3. The van der Waals surface area contributed by atoms with E-state index in [1.807, 2.05) is 0 Å². The minimum atomic E-state index is -4.94. The van der Waals surface area contributed by atoms with E-state index in [0.29, 0.717) is 37.5 Å². The second-order valence-corrected chi connectivity index (χ2v) is 27.6. The Morgan fingerprint density at radius 3 is 0.756 bits per heavy atom. The van der Waals surface area contributed by atoms with Crippen LogP contribution >= 0.6 is 15.6 Å². The molecule has 0 rings (SSSR count). The summed E-state index contributed by atoms with van der Waals surface area (Å²) in [6, 6.07) is 0. The lowest BCUT2D eigenvalue weighted by Gasteiger charge is -2.21. The normalized spacial score (nSPS) is 14.5. The van der Waals surface area contributed by atoms with Gasteiger partial charge in [-0.1, -0.05) is 248 Å². The van der Waals surface area contributed by atoms with Gasteiger partial charge in [-0.15, -0.1) is 0 Å². The molecule has 0 aliphatic rings. The Morgan fingerprint density at radius 2 is 0.512 bits per heavy atom. The van der Waals surface area contributed by atoms with E-state index in [-0.39, 0.29) is 25.7 Å². The van der Waals surface area contributed by atoms with Crippen LogP contribution in [0.5, 0.6) is 0 Å². The molecule has 0 fully saturated rings. The van der Waals surface area contributed by atoms with Crippen molar-refractivity contribution in [2.45, 2.75) is 318 Å².